The van der Waals surface area contributed by atoms with Crippen LogP contribution in [0.5, 0.6) is 0 Å². The number of hydrogen-bond acceptors (Lipinski definition) is 2. The lowest BCUT2D eigenvalue weighted by atomic mass is 10.0. The summed E-state index contributed by atoms with van der Waals surface area (Å²) in [5.74, 6) is 0. The van der Waals surface area contributed by atoms with E-state index in [1.807, 2.05) is 11.8 Å². The van der Waals surface area contributed by atoms with E-state index >= 15 is 0 Å². The monoisotopic (exact) mass is 167 g/mol. The molecule has 1 nitrogen and oxygen atoms in total. The molecule has 2 aliphatic heterocycles. The van der Waals surface area contributed by atoms with Gasteiger partial charge in [0.25, 0.3) is 0 Å². The second-order valence-corrected chi connectivity index (χ2v) is 4.15. The first-order valence-electron chi connectivity index (χ1n) is 4.10. The van der Waals surface area contributed by atoms with Crippen molar-refractivity contribution in [3.05, 3.63) is 22.8 Å². The van der Waals surface area contributed by atoms with Crippen LogP contribution in [-0.2, 0) is 0 Å². The standard InChI is InChI=1S/C9H13NS/c1-3-7-4-10-8-6(2)5-11-9(7)8/h4-5,8-10H,3H2,1-2H3. The van der Waals surface area contributed by atoms with Gasteiger partial charge in [-0.1, -0.05) is 6.92 Å². The van der Waals surface area contributed by atoms with Gasteiger partial charge < -0.3 is 5.32 Å². The summed E-state index contributed by atoms with van der Waals surface area (Å²) in [6.07, 6.45) is 3.38. The first-order valence-corrected chi connectivity index (χ1v) is 5.04. The molecule has 0 aromatic heterocycles. The van der Waals surface area contributed by atoms with Gasteiger partial charge in [-0.05, 0) is 36.1 Å². The highest BCUT2D eigenvalue weighted by Crippen LogP contribution is 2.38. The van der Waals surface area contributed by atoms with E-state index < -0.39 is 0 Å². The van der Waals surface area contributed by atoms with Gasteiger partial charge in [0.2, 0.25) is 0 Å². The molecule has 11 heavy (non-hydrogen) atoms. The third kappa shape index (κ3) is 1.00. The molecular formula is C9H13NS. The molecule has 0 radical (unpaired) electrons. The molecule has 0 bridgehead atoms. The van der Waals surface area contributed by atoms with Gasteiger partial charge in [-0.15, -0.1) is 11.8 Å². The Kier molecular flexibility index (Phi) is 1.72. The first-order chi connectivity index (χ1) is 5.33. The Labute approximate surface area is 71.9 Å². The van der Waals surface area contributed by atoms with Gasteiger partial charge in [0, 0.05) is 0 Å². The molecule has 0 aromatic carbocycles. The van der Waals surface area contributed by atoms with E-state index in [-0.39, 0.29) is 0 Å². The predicted octanol–water partition coefficient (Wildman–Crippen LogP) is 2.27. The van der Waals surface area contributed by atoms with Crippen molar-refractivity contribution < 1.29 is 0 Å². The van der Waals surface area contributed by atoms with Crippen LogP contribution in [0.2, 0.25) is 0 Å². The Morgan fingerprint density at radius 1 is 1.64 bits per heavy atom. The SMILES string of the molecule is CCC1=CNC2C(C)=CSC12. The molecule has 0 saturated heterocycles. The van der Waals surface area contributed by atoms with Crippen LogP contribution in [0.25, 0.3) is 0 Å². The molecule has 2 heterocycles. The van der Waals surface area contributed by atoms with Crippen molar-refractivity contribution in [3.8, 4) is 0 Å². The second-order valence-electron chi connectivity index (χ2n) is 3.14. The molecule has 0 fully saturated rings. The van der Waals surface area contributed by atoms with Gasteiger partial charge in [0.15, 0.2) is 0 Å². The summed E-state index contributed by atoms with van der Waals surface area (Å²) in [5.41, 5.74) is 3.05. The van der Waals surface area contributed by atoms with E-state index in [9.17, 15) is 0 Å². The summed E-state index contributed by atoms with van der Waals surface area (Å²) in [6, 6.07) is 0.606. The number of nitrogens with one attached hydrogen (secondary N) is 1. The van der Waals surface area contributed by atoms with Crippen LogP contribution in [0.3, 0.4) is 0 Å². The lowest BCUT2D eigenvalue weighted by molar-refractivity contribution is 0.727. The Balaban J connectivity index is 2.16. The molecule has 2 rings (SSSR count). The Morgan fingerprint density at radius 3 is 3.18 bits per heavy atom. The fraction of sp³-hybridized carbons (Fsp3) is 0.556. The molecule has 0 aliphatic carbocycles. The highest BCUT2D eigenvalue weighted by molar-refractivity contribution is 8.03. The van der Waals surface area contributed by atoms with E-state index in [1.165, 1.54) is 12.0 Å². The Bertz CT molecular complexity index is 230. The molecule has 0 spiro atoms. The number of thioether (sulfide) groups is 1. The summed E-state index contributed by atoms with van der Waals surface area (Å²) in [6.45, 7) is 4.43. The zero-order chi connectivity index (χ0) is 7.84. The van der Waals surface area contributed by atoms with E-state index in [2.05, 4.69) is 30.8 Å². The van der Waals surface area contributed by atoms with Crippen LogP contribution in [0.15, 0.2) is 22.8 Å². The molecule has 0 amide bonds. The summed E-state index contributed by atoms with van der Waals surface area (Å²) in [7, 11) is 0. The largest absolute Gasteiger partial charge is 0.383 e. The molecule has 2 heteroatoms. The summed E-state index contributed by atoms with van der Waals surface area (Å²) >= 11 is 1.96. The third-order valence-corrected chi connectivity index (χ3v) is 3.79. The Hall–Kier alpha value is -0.370. The van der Waals surface area contributed by atoms with Crippen LogP contribution in [0, 0.1) is 0 Å². The molecule has 1 N–H and O–H groups in total. The smallest absolute Gasteiger partial charge is 0.0634 e. The molecule has 0 saturated carbocycles. The number of rotatable bonds is 1. The van der Waals surface area contributed by atoms with E-state index in [4.69, 9.17) is 0 Å². The van der Waals surface area contributed by atoms with Crippen molar-refractivity contribution in [1.29, 1.82) is 0 Å². The summed E-state index contributed by atoms with van der Waals surface area (Å²) in [4.78, 5) is 0. The van der Waals surface area contributed by atoms with Crippen molar-refractivity contribution in [2.75, 3.05) is 0 Å². The fourth-order valence-corrected chi connectivity index (χ4v) is 3.04. The number of hydrogen-bond donors (Lipinski definition) is 1. The lowest BCUT2D eigenvalue weighted by Gasteiger charge is -2.13. The van der Waals surface area contributed by atoms with E-state index in [0.29, 0.717) is 11.3 Å². The van der Waals surface area contributed by atoms with Crippen molar-refractivity contribution in [1.82, 2.24) is 5.32 Å². The Morgan fingerprint density at radius 2 is 2.45 bits per heavy atom. The highest BCUT2D eigenvalue weighted by atomic mass is 32.2. The zero-order valence-corrected chi connectivity index (χ0v) is 7.74. The van der Waals surface area contributed by atoms with Crippen molar-refractivity contribution >= 4 is 11.8 Å². The lowest BCUT2D eigenvalue weighted by Crippen LogP contribution is -2.27. The summed E-state index contributed by atoms with van der Waals surface area (Å²) in [5, 5.41) is 6.41. The normalized spacial score (nSPS) is 34.4. The minimum atomic E-state index is 0.606. The van der Waals surface area contributed by atoms with Crippen LogP contribution in [-0.4, -0.2) is 11.3 Å². The van der Waals surface area contributed by atoms with Crippen molar-refractivity contribution in [3.63, 3.8) is 0 Å². The van der Waals surface area contributed by atoms with Gasteiger partial charge in [0.1, 0.15) is 0 Å². The molecule has 2 atom stereocenters. The van der Waals surface area contributed by atoms with Crippen LogP contribution in [0.1, 0.15) is 20.3 Å². The van der Waals surface area contributed by atoms with E-state index in [1.54, 1.807) is 5.57 Å². The van der Waals surface area contributed by atoms with Crippen molar-refractivity contribution in [2.24, 2.45) is 0 Å². The minimum Gasteiger partial charge on any atom is -0.383 e. The molecular weight excluding hydrogens is 154 g/mol. The van der Waals surface area contributed by atoms with Gasteiger partial charge in [0.05, 0.1) is 11.3 Å². The van der Waals surface area contributed by atoms with Gasteiger partial charge >= 0.3 is 0 Å². The molecule has 0 aromatic rings. The predicted molar refractivity (Wildman–Crippen MR) is 50.4 cm³/mol. The van der Waals surface area contributed by atoms with Crippen LogP contribution in [0.4, 0.5) is 0 Å². The van der Waals surface area contributed by atoms with Gasteiger partial charge in [-0.25, -0.2) is 0 Å². The minimum absolute atomic E-state index is 0.606. The summed E-state index contributed by atoms with van der Waals surface area (Å²) < 4.78 is 0. The number of fused-ring (bicyclic) bond motifs is 1. The molecule has 2 aliphatic rings. The quantitative estimate of drug-likeness (QED) is 0.643. The highest BCUT2D eigenvalue weighted by Gasteiger charge is 2.33. The topological polar surface area (TPSA) is 12.0 Å². The zero-order valence-electron chi connectivity index (χ0n) is 6.92. The fourth-order valence-electron chi connectivity index (χ4n) is 1.67. The maximum absolute atomic E-state index is 3.42. The van der Waals surface area contributed by atoms with Gasteiger partial charge in [-0.2, -0.15) is 0 Å². The van der Waals surface area contributed by atoms with Crippen molar-refractivity contribution in [2.45, 2.75) is 31.6 Å². The van der Waals surface area contributed by atoms with Crippen LogP contribution >= 0.6 is 11.8 Å². The molecule has 60 valence electrons. The maximum Gasteiger partial charge on any atom is 0.0634 e. The van der Waals surface area contributed by atoms with E-state index in [0.717, 1.165) is 0 Å². The average molecular weight is 167 g/mol. The maximum atomic E-state index is 3.42. The van der Waals surface area contributed by atoms with Gasteiger partial charge in [-0.3, -0.25) is 0 Å². The first kappa shape index (κ1) is 7.29. The second kappa shape index (κ2) is 2.59. The molecule has 2 unspecified atom stereocenters. The third-order valence-electron chi connectivity index (χ3n) is 2.42. The average Bonchev–Trinajstić information content (AvgIpc) is 2.53. The van der Waals surface area contributed by atoms with Crippen LogP contribution < -0.4 is 5.32 Å².